The summed E-state index contributed by atoms with van der Waals surface area (Å²) in [6.45, 7) is 8.87. The Bertz CT molecular complexity index is 837. The van der Waals surface area contributed by atoms with Crippen molar-refractivity contribution in [2.24, 2.45) is 5.92 Å². The topological polar surface area (TPSA) is 61.4 Å². The first-order valence-electron chi connectivity index (χ1n) is 10.4. The number of para-hydroxylation sites is 1. The molecule has 0 aliphatic carbocycles. The SMILES string of the molecule is CCCN(CC(=O)Nc1ccccc1C)CC(=O)NC(c1ccc(F)cc1)C(C)C. The maximum Gasteiger partial charge on any atom is 0.238 e. The number of anilines is 1. The number of nitrogens with one attached hydrogen (secondary N) is 2. The van der Waals surface area contributed by atoms with Crippen LogP contribution in [0.1, 0.15) is 44.4 Å². The van der Waals surface area contributed by atoms with Crippen LogP contribution in [0.25, 0.3) is 0 Å². The van der Waals surface area contributed by atoms with Crippen LogP contribution in [0.4, 0.5) is 10.1 Å². The molecule has 1 unspecified atom stereocenters. The zero-order chi connectivity index (χ0) is 22.1. The van der Waals surface area contributed by atoms with Crippen molar-refractivity contribution in [3.05, 3.63) is 65.5 Å². The average molecular weight is 414 g/mol. The number of aryl methyl sites for hydroxylation is 1. The predicted molar refractivity (Wildman–Crippen MR) is 119 cm³/mol. The van der Waals surface area contributed by atoms with Gasteiger partial charge in [-0.05, 0) is 55.1 Å². The standard InChI is InChI=1S/C24H32FN3O2/c1-5-14-28(15-22(29)26-21-9-7-6-8-18(21)4)16-23(30)27-24(17(2)3)19-10-12-20(25)13-11-19/h6-13,17,24H,5,14-16H2,1-4H3,(H,26,29)(H,27,30). The summed E-state index contributed by atoms with van der Waals surface area (Å²) in [6, 6.07) is 13.6. The molecule has 30 heavy (non-hydrogen) atoms. The normalized spacial score (nSPS) is 12.1. The molecule has 162 valence electrons. The number of halogens is 1. The fraction of sp³-hybridized carbons (Fsp3) is 0.417. The van der Waals surface area contributed by atoms with Crippen LogP contribution in [-0.4, -0.2) is 36.3 Å². The van der Waals surface area contributed by atoms with E-state index in [1.165, 1.54) is 12.1 Å². The number of hydrogen-bond acceptors (Lipinski definition) is 3. The Morgan fingerprint density at radius 2 is 1.63 bits per heavy atom. The Morgan fingerprint density at radius 3 is 2.23 bits per heavy atom. The van der Waals surface area contributed by atoms with E-state index in [1.54, 1.807) is 12.1 Å². The number of nitrogens with zero attached hydrogens (tertiary/aromatic N) is 1. The Hall–Kier alpha value is -2.73. The molecule has 0 fully saturated rings. The van der Waals surface area contributed by atoms with Crippen molar-refractivity contribution in [1.82, 2.24) is 10.2 Å². The number of benzene rings is 2. The molecule has 5 nitrogen and oxygen atoms in total. The fourth-order valence-corrected chi connectivity index (χ4v) is 3.36. The lowest BCUT2D eigenvalue weighted by Gasteiger charge is -2.26. The van der Waals surface area contributed by atoms with E-state index in [2.05, 4.69) is 10.6 Å². The van der Waals surface area contributed by atoms with Gasteiger partial charge in [-0.1, -0.05) is 51.1 Å². The maximum absolute atomic E-state index is 13.2. The van der Waals surface area contributed by atoms with Gasteiger partial charge >= 0.3 is 0 Å². The number of hydrogen-bond donors (Lipinski definition) is 2. The summed E-state index contributed by atoms with van der Waals surface area (Å²) in [5.74, 6) is -0.468. The zero-order valence-electron chi connectivity index (χ0n) is 18.2. The molecule has 0 aliphatic rings. The Labute approximate surface area is 178 Å². The summed E-state index contributed by atoms with van der Waals surface area (Å²) in [5.41, 5.74) is 2.63. The van der Waals surface area contributed by atoms with E-state index in [1.807, 2.05) is 56.9 Å². The molecule has 0 heterocycles. The highest BCUT2D eigenvalue weighted by Gasteiger charge is 2.21. The van der Waals surface area contributed by atoms with E-state index in [0.29, 0.717) is 6.54 Å². The Balaban J connectivity index is 1.98. The molecule has 2 N–H and O–H groups in total. The van der Waals surface area contributed by atoms with Crippen LogP contribution in [-0.2, 0) is 9.59 Å². The molecule has 6 heteroatoms. The van der Waals surface area contributed by atoms with Crippen LogP contribution in [0.2, 0.25) is 0 Å². The van der Waals surface area contributed by atoms with Crippen LogP contribution in [0, 0.1) is 18.7 Å². The molecule has 0 saturated carbocycles. The van der Waals surface area contributed by atoms with Gasteiger partial charge in [-0.15, -0.1) is 0 Å². The van der Waals surface area contributed by atoms with E-state index in [4.69, 9.17) is 0 Å². The zero-order valence-corrected chi connectivity index (χ0v) is 18.2. The lowest BCUT2D eigenvalue weighted by Crippen LogP contribution is -2.43. The summed E-state index contributed by atoms with van der Waals surface area (Å²) in [6.07, 6.45) is 0.830. The van der Waals surface area contributed by atoms with E-state index in [-0.39, 0.29) is 42.7 Å². The molecule has 0 radical (unpaired) electrons. The number of rotatable bonds is 10. The molecule has 2 aromatic carbocycles. The summed E-state index contributed by atoms with van der Waals surface area (Å²) in [4.78, 5) is 27.1. The Morgan fingerprint density at radius 1 is 1.00 bits per heavy atom. The molecule has 2 aromatic rings. The summed E-state index contributed by atoms with van der Waals surface area (Å²) >= 11 is 0. The van der Waals surface area contributed by atoms with Gasteiger partial charge in [0.05, 0.1) is 19.1 Å². The highest BCUT2D eigenvalue weighted by atomic mass is 19.1. The van der Waals surface area contributed by atoms with Crippen molar-refractivity contribution in [3.8, 4) is 0 Å². The number of carbonyl (C=O) groups excluding carboxylic acids is 2. The smallest absolute Gasteiger partial charge is 0.238 e. The van der Waals surface area contributed by atoms with Gasteiger partial charge in [-0.25, -0.2) is 4.39 Å². The van der Waals surface area contributed by atoms with Crippen molar-refractivity contribution in [1.29, 1.82) is 0 Å². The lowest BCUT2D eigenvalue weighted by molar-refractivity contribution is -0.124. The Kier molecular flexibility index (Phi) is 8.99. The number of amides is 2. The minimum Gasteiger partial charge on any atom is -0.348 e. The van der Waals surface area contributed by atoms with Crippen molar-refractivity contribution < 1.29 is 14.0 Å². The van der Waals surface area contributed by atoms with Gasteiger partial charge in [-0.2, -0.15) is 0 Å². The monoisotopic (exact) mass is 413 g/mol. The van der Waals surface area contributed by atoms with Gasteiger partial charge in [0.15, 0.2) is 0 Å². The van der Waals surface area contributed by atoms with Gasteiger partial charge < -0.3 is 10.6 Å². The second-order valence-electron chi connectivity index (χ2n) is 7.91. The first-order chi connectivity index (χ1) is 14.3. The molecule has 2 rings (SSSR count). The summed E-state index contributed by atoms with van der Waals surface area (Å²) in [5, 5.41) is 5.95. The van der Waals surface area contributed by atoms with E-state index >= 15 is 0 Å². The van der Waals surface area contributed by atoms with Crippen LogP contribution in [0.5, 0.6) is 0 Å². The minimum atomic E-state index is -0.304. The highest BCUT2D eigenvalue weighted by Crippen LogP contribution is 2.22. The first kappa shape index (κ1) is 23.5. The van der Waals surface area contributed by atoms with Gasteiger partial charge in [0, 0.05) is 5.69 Å². The molecule has 1 atom stereocenters. The molecule has 0 spiro atoms. The second kappa shape index (κ2) is 11.5. The quantitative estimate of drug-likeness (QED) is 0.611. The minimum absolute atomic E-state index is 0.124. The summed E-state index contributed by atoms with van der Waals surface area (Å²) < 4.78 is 13.2. The highest BCUT2D eigenvalue weighted by molar-refractivity contribution is 5.93. The van der Waals surface area contributed by atoms with Gasteiger partial charge in [0.2, 0.25) is 11.8 Å². The third kappa shape index (κ3) is 7.26. The van der Waals surface area contributed by atoms with Crippen molar-refractivity contribution in [2.45, 2.75) is 40.2 Å². The van der Waals surface area contributed by atoms with Crippen molar-refractivity contribution in [2.75, 3.05) is 25.0 Å². The van der Waals surface area contributed by atoms with Crippen molar-refractivity contribution >= 4 is 17.5 Å². The van der Waals surface area contributed by atoms with Crippen LogP contribution in [0.15, 0.2) is 48.5 Å². The fourth-order valence-electron chi connectivity index (χ4n) is 3.36. The average Bonchev–Trinajstić information content (AvgIpc) is 2.68. The molecular formula is C24H32FN3O2. The molecule has 0 aromatic heterocycles. The molecule has 0 bridgehead atoms. The largest absolute Gasteiger partial charge is 0.348 e. The molecule has 0 aliphatic heterocycles. The molecular weight excluding hydrogens is 381 g/mol. The number of carbonyl (C=O) groups is 2. The van der Waals surface area contributed by atoms with Gasteiger partial charge in [-0.3, -0.25) is 14.5 Å². The van der Waals surface area contributed by atoms with Gasteiger partial charge in [0.25, 0.3) is 0 Å². The lowest BCUT2D eigenvalue weighted by atomic mass is 9.96. The second-order valence-corrected chi connectivity index (χ2v) is 7.91. The van der Waals surface area contributed by atoms with Crippen molar-refractivity contribution in [3.63, 3.8) is 0 Å². The first-order valence-corrected chi connectivity index (χ1v) is 10.4. The van der Waals surface area contributed by atoms with Crippen LogP contribution >= 0.6 is 0 Å². The predicted octanol–water partition coefficient (Wildman–Crippen LogP) is 4.30. The van der Waals surface area contributed by atoms with Crippen LogP contribution in [0.3, 0.4) is 0 Å². The molecule has 2 amide bonds. The van der Waals surface area contributed by atoms with E-state index < -0.39 is 0 Å². The molecule has 0 saturated heterocycles. The van der Waals surface area contributed by atoms with E-state index in [9.17, 15) is 14.0 Å². The van der Waals surface area contributed by atoms with Gasteiger partial charge in [0.1, 0.15) is 5.82 Å². The maximum atomic E-state index is 13.2. The summed E-state index contributed by atoms with van der Waals surface area (Å²) in [7, 11) is 0. The third-order valence-corrected chi connectivity index (χ3v) is 4.91. The third-order valence-electron chi connectivity index (χ3n) is 4.91. The van der Waals surface area contributed by atoms with Crippen LogP contribution < -0.4 is 10.6 Å². The van der Waals surface area contributed by atoms with E-state index in [0.717, 1.165) is 23.2 Å².